The van der Waals surface area contributed by atoms with Crippen LogP contribution in [0.4, 0.5) is 0 Å². The SMILES string of the molecule is C=CC#CC(OC(=O)C=CBr)c1ccccc1. The van der Waals surface area contributed by atoms with Crippen molar-refractivity contribution in [1.29, 1.82) is 0 Å². The van der Waals surface area contributed by atoms with Gasteiger partial charge in [-0.2, -0.15) is 0 Å². The molecule has 0 aliphatic rings. The lowest BCUT2D eigenvalue weighted by Crippen LogP contribution is -2.07. The van der Waals surface area contributed by atoms with E-state index < -0.39 is 12.1 Å². The van der Waals surface area contributed by atoms with Crippen molar-refractivity contribution in [3.05, 3.63) is 59.6 Å². The third-order valence-electron chi connectivity index (χ3n) is 1.85. The Morgan fingerprint density at radius 1 is 1.41 bits per heavy atom. The minimum Gasteiger partial charge on any atom is -0.441 e. The number of halogens is 1. The van der Waals surface area contributed by atoms with Crippen LogP contribution < -0.4 is 0 Å². The van der Waals surface area contributed by atoms with Crippen LogP contribution in [-0.2, 0) is 9.53 Å². The molecule has 0 fully saturated rings. The zero-order valence-electron chi connectivity index (χ0n) is 9.10. The second-order valence-electron chi connectivity index (χ2n) is 3.01. The highest BCUT2D eigenvalue weighted by atomic mass is 79.9. The molecule has 0 N–H and O–H groups in total. The van der Waals surface area contributed by atoms with Gasteiger partial charge in [0, 0.05) is 11.6 Å². The molecule has 0 saturated carbocycles. The number of ether oxygens (including phenoxy) is 1. The van der Waals surface area contributed by atoms with Gasteiger partial charge in [-0.1, -0.05) is 58.8 Å². The average Bonchev–Trinajstić information content (AvgIpc) is 2.36. The molecule has 2 nitrogen and oxygen atoms in total. The van der Waals surface area contributed by atoms with Crippen molar-refractivity contribution < 1.29 is 9.53 Å². The maximum Gasteiger partial charge on any atom is 0.332 e. The molecule has 3 heteroatoms. The highest BCUT2D eigenvalue weighted by molar-refractivity contribution is 9.11. The van der Waals surface area contributed by atoms with Gasteiger partial charge >= 0.3 is 5.97 Å². The Labute approximate surface area is 109 Å². The van der Waals surface area contributed by atoms with Crippen LogP contribution in [-0.4, -0.2) is 5.97 Å². The second kappa shape index (κ2) is 7.48. The third-order valence-corrected chi connectivity index (χ3v) is 2.12. The van der Waals surface area contributed by atoms with E-state index in [-0.39, 0.29) is 0 Å². The fraction of sp³-hybridized carbons (Fsp3) is 0.0714. The lowest BCUT2D eigenvalue weighted by Gasteiger charge is -2.10. The molecule has 1 aromatic carbocycles. The average molecular weight is 291 g/mol. The fourth-order valence-corrected chi connectivity index (χ4v) is 1.37. The van der Waals surface area contributed by atoms with E-state index in [9.17, 15) is 4.79 Å². The van der Waals surface area contributed by atoms with Gasteiger partial charge in [-0.15, -0.1) is 0 Å². The molecule has 1 rings (SSSR count). The quantitative estimate of drug-likeness (QED) is 0.485. The van der Waals surface area contributed by atoms with Gasteiger partial charge in [0.2, 0.25) is 0 Å². The second-order valence-corrected chi connectivity index (χ2v) is 3.54. The normalized spacial score (nSPS) is 11.4. The lowest BCUT2D eigenvalue weighted by atomic mass is 10.1. The Hall–Kier alpha value is -1.79. The maximum atomic E-state index is 11.4. The van der Waals surface area contributed by atoms with Crippen molar-refractivity contribution in [2.75, 3.05) is 0 Å². The highest BCUT2D eigenvalue weighted by Gasteiger charge is 2.11. The third kappa shape index (κ3) is 4.71. The summed E-state index contributed by atoms with van der Waals surface area (Å²) in [5.41, 5.74) is 0.832. The van der Waals surface area contributed by atoms with Crippen molar-refractivity contribution in [3.63, 3.8) is 0 Å². The van der Waals surface area contributed by atoms with Crippen LogP contribution in [0.3, 0.4) is 0 Å². The lowest BCUT2D eigenvalue weighted by molar-refractivity contribution is -0.140. The summed E-state index contributed by atoms with van der Waals surface area (Å²) < 4.78 is 5.20. The van der Waals surface area contributed by atoms with E-state index in [1.165, 1.54) is 17.1 Å². The van der Waals surface area contributed by atoms with E-state index in [1.54, 1.807) is 0 Å². The number of esters is 1. The molecule has 0 heterocycles. The number of carbonyl (C=O) groups excluding carboxylic acids is 1. The monoisotopic (exact) mass is 290 g/mol. The van der Waals surface area contributed by atoms with Crippen molar-refractivity contribution >= 4 is 21.9 Å². The standard InChI is InChI=1S/C14H11BrO2/c1-2-3-9-13(17-14(16)10-11-15)12-7-5-4-6-8-12/h2,4-8,10-11,13H,1H2. The topological polar surface area (TPSA) is 26.3 Å². The summed E-state index contributed by atoms with van der Waals surface area (Å²) in [5, 5.41) is 0. The summed E-state index contributed by atoms with van der Waals surface area (Å²) in [6, 6.07) is 9.33. The largest absolute Gasteiger partial charge is 0.441 e. The fourth-order valence-electron chi connectivity index (χ4n) is 1.15. The van der Waals surface area contributed by atoms with E-state index in [4.69, 9.17) is 4.74 Å². The minimum absolute atomic E-state index is 0.450. The summed E-state index contributed by atoms with van der Waals surface area (Å²) in [5.74, 6) is 5.06. The number of hydrogen-bond donors (Lipinski definition) is 0. The first-order valence-electron chi connectivity index (χ1n) is 4.92. The van der Waals surface area contributed by atoms with E-state index in [1.807, 2.05) is 30.3 Å². The molecule has 0 aliphatic carbocycles. The molecule has 86 valence electrons. The van der Waals surface area contributed by atoms with Gasteiger partial charge in [0.25, 0.3) is 0 Å². The summed E-state index contributed by atoms with van der Waals surface area (Å²) in [6.45, 7) is 3.51. The molecule has 0 radical (unpaired) electrons. The van der Waals surface area contributed by atoms with Crippen molar-refractivity contribution in [3.8, 4) is 11.8 Å². The molecule has 0 saturated heterocycles. The zero-order chi connectivity index (χ0) is 12.5. The molecule has 0 bridgehead atoms. The zero-order valence-corrected chi connectivity index (χ0v) is 10.7. The van der Waals surface area contributed by atoms with Gasteiger partial charge in [-0.3, -0.25) is 0 Å². The van der Waals surface area contributed by atoms with Crippen LogP contribution >= 0.6 is 15.9 Å². The Morgan fingerprint density at radius 3 is 2.71 bits per heavy atom. The highest BCUT2D eigenvalue weighted by Crippen LogP contribution is 2.16. The molecule has 0 aliphatic heterocycles. The molecule has 1 atom stereocenters. The van der Waals surface area contributed by atoms with Crippen molar-refractivity contribution in [2.45, 2.75) is 6.10 Å². The van der Waals surface area contributed by atoms with Crippen LogP contribution in [0.25, 0.3) is 0 Å². The minimum atomic E-state index is -0.578. The van der Waals surface area contributed by atoms with E-state index in [0.29, 0.717) is 0 Å². The smallest absolute Gasteiger partial charge is 0.332 e. The number of allylic oxidation sites excluding steroid dienone is 1. The molecule has 0 aromatic heterocycles. The van der Waals surface area contributed by atoms with Gasteiger partial charge < -0.3 is 4.74 Å². The molecular weight excluding hydrogens is 280 g/mol. The molecule has 1 unspecified atom stereocenters. The maximum absolute atomic E-state index is 11.4. The number of benzene rings is 1. The Balaban J connectivity index is 2.89. The van der Waals surface area contributed by atoms with E-state index in [0.717, 1.165) is 5.56 Å². The molecule has 1 aromatic rings. The predicted molar refractivity (Wildman–Crippen MR) is 71.3 cm³/mol. The van der Waals surface area contributed by atoms with Gasteiger partial charge in [-0.05, 0) is 17.0 Å². The van der Waals surface area contributed by atoms with Crippen LogP contribution in [0.1, 0.15) is 11.7 Å². The predicted octanol–water partition coefficient (Wildman–Crippen LogP) is 3.37. The molecule has 0 amide bonds. The van der Waals surface area contributed by atoms with Gasteiger partial charge in [-0.25, -0.2) is 4.79 Å². The van der Waals surface area contributed by atoms with Gasteiger partial charge in [0.15, 0.2) is 6.10 Å². The molecular formula is C14H11BrO2. The number of hydrogen-bond acceptors (Lipinski definition) is 2. The Kier molecular flexibility index (Phi) is 5.84. The van der Waals surface area contributed by atoms with E-state index >= 15 is 0 Å². The number of carbonyl (C=O) groups is 1. The van der Waals surface area contributed by atoms with E-state index in [2.05, 4.69) is 34.3 Å². The van der Waals surface area contributed by atoms with Crippen LogP contribution in [0.5, 0.6) is 0 Å². The van der Waals surface area contributed by atoms with Gasteiger partial charge in [0.05, 0.1) is 0 Å². The molecule has 17 heavy (non-hydrogen) atoms. The first-order chi connectivity index (χ1) is 8.27. The van der Waals surface area contributed by atoms with Crippen molar-refractivity contribution in [1.82, 2.24) is 0 Å². The summed E-state index contributed by atoms with van der Waals surface area (Å²) in [7, 11) is 0. The molecule has 0 spiro atoms. The summed E-state index contributed by atoms with van der Waals surface area (Å²) in [4.78, 5) is 12.8. The Bertz CT molecular complexity index is 466. The van der Waals surface area contributed by atoms with Crippen LogP contribution in [0.2, 0.25) is 0 Å². The summed E-state index contributed by atoms with van der Waals surface area (Å²) in [6.07, 6.45) is 2.17. The first kappa shape index (κ1) is 13.3. The Morgan fingerprint density at radius 2 is 2.12 bits per heavy atom. The van der Waals surface area contributed by atoms with Gasteiger partial charge in [0.1, 0.15) is 0 Å². The van der Waals surface area contributed by atoms with Crippen molar-refractivity contribution in [2.24, 2.45) is 0 Å². The van der Waals surface area contributed by atoms with Crippen LogP contribution in [0, 0.1) is 11.8 Å². The van der Waals surface area contributed by atoms with Crippen LogP contribution in [0.15, 0.2) is 54.0 Å². The number of rotatable bonds is 3. The first-order valence-corrected chi connectivity index (χ1v) is 5.83. The summed E-state index contributed by atoms with van der Waals surface area (Å²) >= 11 is 3.02.